The van der Waals surface area contributed by atoms with Gasteiger partial charge in [0.15, 0.2) is 18.0 Å². The lowest BCUT2D eigenvalue weighted by atomic mass is 9.95. The van der Waals surface area contributed by atoms with Crippen LogP contribution in [0.25, 0.3) is 0 Å². The fourth-order valence-electron chi connectivity index (χ4n) is 4.65. The van der Waals surface area contributed by atoms with E-state index in [9.17, 15) is 4.79 Å². The molecule has 142 valence electrons. The van der Waals surface area contributed by atoms with Gasteiger partial charge in [0.05, 0.1) is 19.8 Å². The van der Waals surface area contributed by atoms with Crippen LogP contribution in [0.4, 0.5) is 0 Å². The van der Waals surface area contributed by atoms with E-state index >= 15 is 0 Å². The van der Waals surface area contributed by atoms with Crippen molar-refractivity contribution < 1.29 is 19.2 Å². The molecule has 2 aliphatic heterocycles. The van der Waals surface area contributed by atoms with Crippen LogP contribution in [0.15, 0.2) is 18.2 Å². The number of hydrogen-bond donors (Lipinski definition) is 2. The lowest BCUT2D eigenvalue weighted by Gasteiger charge is -2.25. The van der Waals surface area contributed by atoms with Gasteiger partial charge in [-0.05, 0) is 31.0 Å². The minimum atomic E-state index is 0.216. The van der Waals surface area contributed by atoms with Crippen LogP contribution in [0, 0.1) is 0 Å². The second-order valence-corrected chi connectivity index (χ2v) is 7.94. The molecule has 26 heavy (non-hydrogen) atoms. The second-order valence-electron chi connectivity index (χ2n) is 7.94. The van der Waals surface area contributed by atoms with E-state index in [4.69, 9.17) is 9.47 Å². The Morgan fingerprint density at radius 3 is 2.65 bits per heavy atom. The van der Waals surface area contributed by atoms with Crippen molar-refractivity contribution >= 4 is 5.91 Å². The number of hydrogen-bond acceptors (Lipinski definition) is 3. The Morgan fingerprint density at radius 1 is 1.00 bits per heavy atom. The molecule has 1 unspecified atom stereocenters. The first-order valence-electron chi connectivity index (χ1n) is 10.3. The average Bonchev–Trinajstić information content (AvgIpc) is 2.98. The van der Waals surface area contributed by atoms with E-state index in [0.717, 1.165) is 43.7 Å². The molecule has 2 fully saturated rings. The molecule has 1 saturated heterocycles. The predicted molar refractivity (Wildman–Crippen MR) is 99.7 cm³/mol. The van der Waals surface area contributed by atoms with Crippen molar-refractivity contribution in [2.45, 2.75) is 63.5 Å². The first-order chi connectivity index (χ1) is 12.8. The largest absolute Gasteiger partial charge is 0.490 e. The van der Waals surface area contributed by atoms with Crippen LogP contribution in [0.5, 0.6) is 11.5 Å². The van der Waals surface area contributed by atoms with E-state index in [0.29, 0.717) is 31.8 Å². The first kappa shape index (κ1) is 17.7. The number of fused-ring (bicyclic) bond motifs is 1. The summed E-state index contributed by atoms with van der Waals surface area (Å²) in [7, 11) is 0. The number of rotatable bonds is 4. The number of ether oxygens (including phenoxy) is 2. The smallest absolute Gasteiger partial charge is 0.275 e. The molecule has 1 aliphatic carbocycles. The van der Waals surface area contributed by atoms with Crippen molar-refractivity contribution in [2.75, 3.05) is 26.3 Å². The molecule has 5 heteroatoms. The second kappa shape index (κ2) is 8.30. The maximum Gasteiger partial charge on any atom is 0.275 e. The summed E-state index contributed by atoms with van der Waals surface area (Å²) in [5.74, 6) is 1.92. The summed E-state index contributed by atoms with van der Waals surface area (Å²) in [5.41, 5.74) is 1.27. The lowest BCUT2D eigenvalue weighted by molar-refractivity contribution is -0.910. The molecule has 1 aromatic rings. The van der Waals surface area contributed by atoms with Gasteiger partial charge in [0.1, 0.15) is 6.04 Å². The monoisotopic (exact) mass is 359 g/mol. The van der Waals surface area contributed by atoms with Crippen molar-refractivity contribution in [2.24, 2.45) is 0 Å². The molecule has 0 spiro atoms. The Bertz CT molecular complexity index is 628. The summed E-state index contributed by atoms with van der Waals surface area (Å²) in [6.45, 7) is 3.07. The van der Waals surface area contributed by atoms with Crippen LogP contribution in [0.2, 0.25) is 0 Å². The number of nitrogens with one attached hydrogen (secondary N) is 2. The highest BCUT2D eigenvalue weighted by Gasteiger charge is 2.33. The third-order valence-electron chi connectivity index (χ3n) is 6.02. The van der Waals surface area contributed by atoms with Gasteiger partial charge in [0.25, 0.3) is 5.91 Å². The molecule has 1 aromatic carbocycles. The Hall–Kier alpha value is -1.75. The predicted octanol–water partition coefficient (Wildman–Crippen LogP) is 2.02. The third kappa shape index (κ3) is 4.14. The molecule has 3 aliphatic rings. The fraction of sp³-hybridized carbons (Fsp3) is 0.667. The molecule has 1 amide bonds. The summed E-state index contributed by atoms with van der Waals surface area (Å²) in [4.78, 5) is 13.9. The Morgan fingerprint density at radius 2 is 1.81 bits per heavy atom. The van der Waals surface area contributed by atoms with Crippen LogP contribution in [0.1, 0.15) is 63.0 Å². The highest BCUT2D eigenvalue weighted by atomic mass is 16.5. The van der Waals surface area contributed by atoms with Gasteiger partial charge in [-0.2, -0.15) is 0 Å². The highest BCUT2D eigenvalue weighted by molar-refractivity contribution is 5.77. The molecule has 0 bridgehead atoms. The van der Waals surface area contributed by atoms with Crippen molar-refractivity contribution in [3.8, 4) is 11.5 Å². The molecule has 0 radical (unpaired) electrons. The molecular weight excluding hydrogens is 328 g/mol. The fourth-order valence-corrected chi connectivity index (χ4v) is 4.65. The quantitative estimate of drug-likeness (QED) is 0.865. The number of amides is 1. The highest BCUT2D eigenvalue weighted by Crippen LogP contribution is 2.33. The molecule has 2 atom stereocenters. The molecule has 2 N–H and O–H groups in total. The van der Waals surface area contributed by atoms with E-state index in [1.165, 1.54) is 36.1 Å². The maximum atomic E-state index is 12.5. The number of likely N-dealkylation sites (tertiary alicyclic amines) is 1. The summed E-state index contributed by atoms with van der Waals surface area (Å²) in [5, 5.41) is 3.27. The van der Waals surface area contributed by atoms with E-state index < -0.39 is 0 Å². The molecule has 1 saturated carbocycles. The summed E-state index contributed by atoms with van der Waals surface area (Å²) in [6.07, 6.45) is 9.33. The van der Waals surface area contributed by atoms with Crippen LogP contribution in [-0.2, 0) is 4.79 Å². The third-order valence-corrected chi connectivity index (χ3v) is 6.02. The Kier molecular flexibility index (Phi) is 5.63. The SMILES string of the molecule is O=C(C[NH+]1CCC[C@@H]1c1ccc2c(c1)OCCCO2)NC1CCCCC1. The summed E-state index contributed by atoms with van der Waals surface area (Å²) >= 11 is 0. The molecule has 2 heterocycles. The van der Waals surface area contributed by atoms with E-state index in [1.807, 2.05) is 6.07 Å². The van der Waals surface area contributed by atoms with Crippen molar-refractivity contribution in [3.05, 3.63) is 23.8 Å². The van der Waals surface area contributed by atoms with Gasteiger partial charge in [0, 0.05) is 30.9 Å². The van der Waals surface area contributed by atoms with Gasteiger partial charge < -0.3 is 19.7 Å². The van der Waals surface area contributed by atoms with Crippen molar-refractivity contribution in [3.63, 3.8) is 0 Å². The zero-order valence-electron chi connectivity index (χ0n) is 15.6. The van der Waals surface area contributed by atoms with Gasteiger partial charge in [-0.3, -0.25) is 4.79 Å². The Balaban J connectivity index is 1.40. The van der Waals surface area contributed by atoms with Crippen molar-refractivity contribution in [1.29, 1.82) is 0 Å². The number of carbonyl (C=O) groups excluding carboxylic acids is 1. The Labute approximate surface area is 156 Å². The molecule has 4 rings (SSSR count). The maximum absolute atomic E-state index is 12.5. The van der Waals surface area contributed by atoms with Gasteiger partial charge in [0.2, 0.25) is 0 Å². The van der Waals surface area contributed by atoms with Crippen molar-refractivity contribution in [1.82, 2.24) is 5.32 Å². The number of quaternary nitrogens is 1. The minimum Gasteiger partial charge on any atom is -0.490 e. The molecule has 0 aromatic heterocycles. The normalized spacial score (nSPS) is 26.3. The standard InChI is InChI=1S/C21H30N2O3/c24-21(22-17-6-2-1-3-7-17)15-23-11-4-8-18(23)16-9-10-19-20(14-16)26-13-5-12-25-19/h9-10,14,17-18H,1-8,11-13,15H2,(H,22,24)/p+1/t18-/m1/s1. The number of benzene rings is 1. The number of carbonyl (C=O) groups is 1. The van der Waals surface area contributed by atoms with E-state index in [2.05, 4.69) is 17.4 Å². The zero-order valence-corrected chi connectivity index (χ0v) is 15.6. The summed E-state index contributed by atoms with van der Waals surface area (Å²) in [6, 6.07) is 7.10. The van der Waals surface area contributed by atoms with Crippen LogP contribution < -0.4 is 19.7 Å². The summed E-state index contributed by atoms with van der Waals surface area (Å²) < 4.78 is 11.6. The van der Waals surface area contributed by atoms with Gasteiger partial charge in [-0.15, -0.1) is 0 Å². The van der Waals surface area contributed by atoms with Gasteiger partial charge >= 0.3 is 0 Å². The van der Waals surface area contributed by atoms with E-state index in [1.54, 1.807) is 0 Å². The zero-order chi connectivity index (χ0) is 17.8. The topological polar surface area (TPSA) is 52.0 Å². The molecular formula is C21H31N2O3+. The molecule has 5 nitrogen and oxygen atoms in total. The van der Waals surface area contributed by atoms with E-state index in [-0.39, 0.29) is 5.91 Å². The lowest BCUT2D eigenvalue weighted by Crippen LogP contribution is -3.11. The average molecular weight is 359 g/mol. The van der Waals surface area contributed by atoms with Crippen LogP contribution in [-0.4, -0.2) is 38.3 Å². The van der Waals surface area contributed by atoms with Gasteiger partial charge in [-0.1, -0.05) is 19.3 Å². The van der Waals surface area contributed by atoms with Crippen LogP contribution >= 0.6 is 0 Å². The minimum absolute atomic E-state index is 0.216. The first-order valence-corrected chi connectivity index (χ1v) is 10.3. The van der Waals surface area contributed by atoms with Crippen LogP contribution in [0.3, 0.4) is 0 Å². The van der Waals surface area contributed by atoms with Gasteiger partial charge in [-0.25, -0.2) is 0 Å².